The van der Waals surface area contributed by atoms with E-state index >= 15 is 0 Å². The van der Waals surface area contributed by atoms with Crippen molar-refractivity contribution in [2.24, 2.45) is 5.92 Å². The zero-order valence-corrected chi connectivity index (χ0v) is 16.5. The minimum absolute atomic E-state index is 0.0649. The number of allylic oxidation sites excluding steroid dienone is 2. The highest BCUT2D eigenvalue weighted by Crippen LogP contribution is 2.51. The number of methoxy groups -OCH3 is 2. The summed E-state index contributed by atoms with van der Waals surface area (Å²) in [5.41, 5.74) is 3.13. The Bertz CT molecular complexity index is 944. The van der Waals surface area contributed by atoms with Gasteiger partial charge in [-0.3, -0.25) is 10.1 Å². The number of nitro benzene ring substituents is 1. The van der Waals surface area contributed by atoms with Crippen LogP contribution in [0.1, 0.15) is 29.5 Å². The molecule has 27 heavy (non-hydrogen) atoms. The number of nitrogens with one attached hydrogen (secondary N) is 1. The van der Waals surface area contributed by atoms with Crippen molar-refractivity contribution in [3.05, 3.63) is 68.2 Å². The molecule has 2 aromatic rings. The van der Waals surface area contributed by atoms with Gasteiger partial charge in [-0.25, -0.2) is 0 Å². The van der Waals surface area contributed by atoms with Crippen molar-refractivity contribution >= 4 is 27.3 Å². The fourth-order valence-electron chi connectivity index (χ4n) is 4.14. The fourth-order valence-corrected chi connectivity index (χ4v) is 4.76. The van der Waals surface area contributed by atoms with Crippen LogP contribution in [0.3, 0.4) is 0 Å². The lowest BCUT2D eigenvalue weighted by molar-refractivity contribution is -0.384. The summed E-state index contributed by atoms with van der Waals surface area (Å²) in [4.78, 5) is 10.8. The molecular formula is C20H19BrN2O4. The van der Waals surface area contributed by atoms with Crippen molar-refractivity contribution in [1.29, 1.82) is 0 Å². The number of non-ortho nitro benzene ring substituents is 1. The van der Waals surface area contributed by atoms with Crippen molar-refractivity contribution < 1.29 is 14.4 Å². The zero-order valence-electron chi connectivity index (χ0n) is 14.9. The van der Waals surface area contributed by atoms with E-state index in [4.69, 9.17) is 9.47 Å². The average molecular weight is 431 g/mol. The second kappa shape index (κ2) is 6.88. The molecule has 0 fully saturated rings. The van der Waals surface area contributed by atoms with E-state index in [-0.39, 0.29) is 28.5 Å². The number of nitrogens with zero attached hydrogens (tertiary/aromatic N) is 1. The summed E-state index contributed by atoms with van der Waals surface area (Å²) in [5.74, 6) is 1.76. The van der Waals surface area contributed by atoms with Crippen LogP contribution in [0.25, 0.3) is 0 Å². The van der Waals surface area contributed by atoms with E-state index in [0.717, 1.165) is 27.7 Å². The van der Waals surface area contributed by atoms with Crippen molar-refractivity contribution in [2.75, 3.05) is 19.5 Å². The first-order chi connectivity index (χ1) is 13.0. The fraction of sp³-hybridized carbons (Fsp3) is 0.300. The Balaban J connectivity index is 1.78. The molecule has 0 saturated carbocycles. The lowest BCUT2D eigenvalue weighted by Crippen LogP contribution is -2.29. The number of benzene rings is 2. The lowest BCUT2D eigenvalue weighted by atomic mass is 9.77. The first-order valence-corrected chi connectivity index (χ1v) is 9.45. The molecular weight excluding hydrogens is 412 g/mol. The molecule has 0 amide bonds. The minimum atomic E-state index is -0.342. The van der Waals surface area contributed by atoms with Gasteiger partial charge in [0, 0.05) is 23.7 Å². The third kappa shape index (κ3) is 2.96. The Labute approximate surface area is 165 Å². The Morgan fingerprint density at radius 3 is 2.74 bits per heavy atom. The van der Waals surface area contributed by atoms with Crippen LogP contribution in [0, 0.1) is 16.0 Å². The summed E-state index contributed by atoms with van der Waals surface area (Å²) < 4.78 is 11.7. The Kier molecular flexibility index (Phi) is 4.55. The maximum atomic E-state index is 11.2. The van der Waals surface area contributed by atoms with Gasteiger partial charge in [0.25, 0.3) is 5.69 Å². The molecule has 0 unspecified atom stereocenters. The molecule has 2 aromatic carbocycles. The van der Waals surface area contributed by atoms with Crippen molar-refractivity contribution in [3.8, 4) is 11.5 Å². The summed E-state index contributed by atoms with van der Waals surface area (Å²) in [5, 5.41) is 14.8. The third-order valence-electron chi connectivity index (χ3n) is 5.37. The molecule has 1 aliphatic heterocycles. The molecule has 140 valence electrons. The number of nitro groups is 1. The number of rotatable bonds is 4. The molecule has 1 aliphatic carbocycles. The van der Waals surface area contributed by atoms with E-state index in [1.807, 2.05) is 12.1 Å². The highest BCUT2D eigenvalue weighted by Gasteiger charge is 2.39. The van der Waals surface area contributed by atoms with Crippen LogP contribution in [0.15, 0.2) is 47.0 Å². The van der Waals surface area contributed by atoms with Gasteiger partial charge in [-0.2, -0.15) is 0 Å². The van der Waals surface area contributed by atoms with Crippen molar-refractivity contribution in [3.63, 3.8) is 0 Å². The molecule has 4 rings (SSSR count). The van der Waals surface area contributed by atoms with Gasteiger partial charge in [-0.15, -0.1) is 0 Å². The van der Waals surface area contributed by atoms with Crippen LogP contribution in [0.4, 0.5) is 11.4 Å². The monoisotopic (exact) mass is 430 g/mol. The quantitative estimate of drug-likeness (QED) is 0.409. The number of halogens is 1. The van der Waals surface area contributed by atoms with Crippen LogP contribution in [0.2, 0.25) is 0 Å². The smallest absolute Gasteiger partial charge is 0.269 e. The lowest BCUT2D eigenvalue weighted by Gasteiger charge is -2.37. The molecule has 2 aliphatic rings. The first kappa shape index (κ1) is 17.9. The van der Waals surface area contributed by atoms with Crippen LogP contribution in [-0.2, 0) is 0 Å². The number of fused-ring (bicyclic) bond motifs is 3. The Morgan fingerprint density at radius 2 is 2.04 bits per heavy atom. The summed E-state index contributed by atoms with van der Waals surface area (Å²) in [6, 6.07) is 9.15. The maximum Gasteiger partial charge on any atom is 0.269 e. The molecule has 7 heteroatoms. The number of hydrogen-bond donors (Lipinski definition) is 1. The topological polar surface area (TPSA) is 73.6 Å². The van der Waals surface area contributed by atoms with E-state index in [1.165, 1.54) is 0 Å². The number of ether oxygens (including phenoxy) is 2. The largest absolute Gasteiger partial charge is 0.493 e. The van der Waals surface area contributed by atoms with E-state index in [2.05, 4.69) is 33.4 Å². The molecule has 0 spiro atoms. The first-order valence-electron chi connectivity index (χ1n) is 8.66. The summed E-state index contributed by atoms with van der Waals surface area (Å²) in [6.07, 6.45) is 5.24. The molecule has 1 N–H and O–H groups in total. The van der Waals surface area contributed by atoms with Crippen molar-refractivity contribution in [2.45, 2.75) is 18.4 Å². The second-order valence-corrected chi connectivity index (χ2v) is 7.60. The van der Waals surface area contributed by atoms with Crippen LogP contribution < -0.4 is 14.8 Å². The van der Waals surface area contributed by atoms with E-state index in [0.29, 0.717) is 11.5 Å². The van der Waals surface area contributed by atoms with Gasteiger partial charge in [0.15, 0.2) is 11.5 Å². The van der Waals surface area contributed by atoms with Crippen LogP contribution >= 0.6 is 15.9 Å². The predicted octanol–water partition coefficient (Wildman–Crippen LogP) is 5.20. The van der Waals surface area contributed by atoms with Gasteiger partial charge in [0.1, 0.15) is 0 Å². The highest BCUT2D eigenvalue weighted by molar-refractivity contribution is 9.10. The van der Waals surface area contributed by atoms with Crippen molar-refractivity contribution in [1.82, 2.24) is 0 Å². The Hall–Kier alpha value is -2.54. The van der Waals surface area contributed by atoms with Gasteiger partial charge in [-0.1, -0.05) is 12.2 Å². The highest BCUT2D eigenvalue weighted by atomic mass is 79.9. The van der Waals surface area contributed by atoms with E-state index in [9.17, 15) is 10.1 Å². The zero-order chi connectivity index (χ0) is 19.1. The maximum absolute atomic E-state index is 11.2. The van der Waals surface area contributed by atoms with E-state index in [1.54, 1.807) is 32.4 Å². The molecule has 0 saturated heterocycles. The number of anilines is 1. The molecule has 3 atom stereocenters. The van der Waals surface area contributed by atoms with Gasteiger partial charge in [0.2, 0.25) is 0 Å². The van der Waals surface area contributed by atoms with Crippen LogP contribution in [0.5, 0.6) is 11.5 Å². The number of hydrogen-bond acceptors (Lipinski definition) is 5. The predicted molar refractivity (Wildman–Crippen MR) is 107 cm³/mol. The summed E-state index contributed by atoms with van der Waals surface area (Å²) in [6.45, 7) is 0. The molecule has 6 nitrogen and oxygen atoms in total. The standard InChI is InChI=1S/C20H19BrN2O4/c1-26-18-9-11(8-16(21)20(18)27-2)19-14-5-3-4-13(14)15-10-12(23(24)25)6-7-17(15)22-19/h3-4,6-10,13-14,19,22H,5H2,1-2H3/t13-,14+,19+/m0/s1. The molecule has 0 radical (unpaired) electrons. The van der Waals surface area contributed by atoms with Gasteiger partial charge < -0.3 is 14.8 Å². The van der Waals surface area contributed by atoms with E-state index < -0.39 is 0 Å². The molecule has 0 aromatic heterocycles. The van der Waals surface area contributed by atoms with Crippen LogP contribution in [-0.4, -0.2) is 19.1 Å². The Morgan fingerprint density at radius 1 is 1.22 bits per heavy atom. The second-order valence-electron chi connectivity index (χ2n) is 6.74. The summed E-state index contributed by atoms with van der Waals surface area (Å²) in [7, 11) is 3.23. The summed E-state index contributed by atoms with van der Waals surface area (Å²) >= 11 is 3.57. The third-order valence-corrected chi connectivity index (χ3v) is 5.96. The average Bonchev–Trinajstić information content (AvgIpc) is 3.16. The molecule has 1 heterocycles. The normalized spacial score (nSPS) is 22.6. The van der Waals surface area contributed by atoms with Gasteiger partial charge in [-0.05, 0) is 57.6 Å². The minimum Gasteiger partial charge on any atom is -0.493 e. The van der Waals surface area contributed by atoms with Gasteiger partial charge >= 0.3 is 0 Å². The SMILES string of the molecule is COc1cc([C@H]2Nc3ccc([N+](=O)[O-])cc3[C@H]3C=CC[C@H]32)cc(Br)c1OC. The van der Waals surface area contributed by atoms with Gasteiger partial charge in [0.05, 0.1) is 29.7 Å². The molecule has 0 bridgehead atoms.